The van der Waals surface area contributed by atoms with Crippen LogP contribution in [0.15, 0.2) is 36.7 Å². The maximum atomic E-state index is 11.2. The molecule has 3 rings (SSSR count). The molecule has 0 spiro atoms. The van der Waals surface area contributed by atoms with Crippen LogP contribution in [-0.2, 0) is 5.60 Å². The fourth-order valence-electron chi connectivity index (χ4n) is 3.47. The summed E-state index contributed by atoms with van der Waals surface area (Å²) >= 11 is 0. The molecule has 1 aromatic carbocycles. The third kappa shape index (κ3) is 2.94. The number of benzene rings is 1. The van der Waals surface area contributed by atoms with Crippen LogP contribution in [0.1, 0.15) is 38.2 Å². The van der Waals surface area contributed by atoms with Gasteiger partial charge in [0.15, 0.2) is 0 Å². The lowest BCUT2D eigenvalue weighted by Crippen LogP contribution is -2.30. The van der Waals surface area contributed by atoms with Crippen molar-refractivity contribution in [3.05, 3.63) is 42.2 Å². The van der Waals surface area contributed by atoms with Crippen LogP contribution in [-0.4, -0.2) is 34.6 Å². The van der Waals surface area contributed by atoms with Crippen molar-refractivity contribution >= 4 is 10.8 Å². The predicted octanol–water partition coefficient (Wildman–Crippen LogP) is 3.32. The third-order valence-corrected chi connectivity index (χ3v) is 4.62. The molecule has 112 valence electrons. The van der Waals surface area contributed by atoms with E-state index in [2.05, 4.69) is 28.9 Å². The maximum absolute atomic E-state index is 11.2. The lowest BCUT2D eigenvalue weighted by molar-refractivity contribution is 0.0224. The van der Waals surface area contributed by atoms with Crippen molar-refractivity contribution in [1.82, 2.24) is 9.88 Å². The number of hydrogen-bond donors (Lipinski definition) is 1. The number of aliphatic hydroxyl groups is 1. The van der Waals surface area contributed by atoms with E-state index >= 15 is 0 Å². The highest BCUT2D eigenvalue weighted by Gasteiger charge is 2.33. The highest BCUT2D eigenvalue weighted by Crippen LogP contribution is 2.36. The average Bonchev–Trinajstić information content (AvgIpc) is 2.70. The number of aromatic nitrogens is 1. The Morgan fingerprint density at radius 3 is 2.90 bits per heavy atom. The van der Waals surface area contributed by atoms with E-state index in [1.165, 1.54) is 6.42 Å². The summed E-state index contributed by atoms with van der Waals surface area (Å²) in [5.74, 6) is 0. The number of nitrogens with zero attached hydrogens (tertiary/aromatic N) is 2. The molecule has 0 saturated carbocycles. The van der Waals surface area contributed by atoms with Gasteiger partial charge >= 0.3 is 0 Å². The SMILES string of the molecule is CCCN1CCCC(O)(c2cncc3ccccc23)CC1. The number of rotatable bonds is 3. The fraction of sp³-hybridized carbons (Fsp3) is 0.500. The van der Waals surface area contributed by atoms with E-state index in [1.807, 2.05) is 24.5 Å². The Morgan fingerprint density at radius 2 is 2.05 bits per heavy atom. The summed E-state index contributed by atoms with van der Waals surface area (Å²) in [6, 6.07) is 8.22. The molecule has 1 unspecified atom stereocenters. The first kappa shape index (κ1) is 14.5. The normalized spacial score (nSPS) is 24.1. The Balaban J connectivity index is 1.93. The minimum atomic E-state index is -0.740. The number of fused-ring (bicyclic) bond motifs is 1. The van der Waals surface area contributed by atoms with Gasteiger partial charge in [-0.3, -0.25) is 4.98 Å². The molecule has 3 nitrogen and oxygen atoms in total. The van der Waals surface area contributed by atoms with Crippen molar-refractivity contribution in [3.63, 3.8) is 0 Å². The molecular weight excluding hydrogens is 260 g/mol. The smallest absolute Gasteiger partial charge is 0.0930 e. The van der Waals surface area contributed by atoms with Gasteiger partial charge in [0.2, 0.25) is 0 Å². The van der Waals surface area contributed by atoms with E-state index in [0.717, 1.165) is 55.2 Å². The molecule has 0 aliphatic carbocycles. The average molecular weight is 284 g/mol. The Kier molecular flexibility index (Phi) is 4.22. The van der Waals surface area contributed by atoms with E-state index < -0.39 is 5.60 Å². The second kappa shape index (κ2) is 6.12. The van der Waals surface area contributed by atoms with E-state index in [4.69, 9.17) is 0 Å². The van der Waals surface area contributed by atoms with Gasteiger partial charge in [-0.1, -0.05) is 31.2 Å². The van der Waals surface area contributed by atoms with Gasteiger partial charge < -0.3 is 10.0 Å². The van der Waals surface area contributed by atoms with Crippen molar-refractivity contribution in [2.75, 3.05) is 19.6 Å². The number of hydrogen-bond acceptors (Lipinski definition) is 3. The molecular formula is C18H24N2O. The van der Waals surface area contributed by atoms with E-state index in [1.54, 1.807) is 0 Å². The summed E-state index contributed by atoms with van der Waals surface area (Å²) in [6.07, 6.45) is 7.57. The lowest BCUT2D eigenvalue weighted by atomic mass is 9.85. The predicted molar refractivity (Wildman–Crippen MR) is 86.2 cm³/mol. The molecule has 1 aliphatic heterocycles. The van der Waals surface area contributed by atoms with Crippen LogP contribution < -0.4 is 0 Å². The molecule has 1 aliphatic rings. The van der Waals surface area contributed by atoms with Crippen molar-refractivity contribution in [1.29, 1.82) is 0 Å². The van der Waals surface area contributed by atoms with Gasteiger partial charge in [0.25, 0.3) is 0 Å². The van der Waals surface area contributed by atoms with Gasteiger partial charge in [0, 0.05) is 29.9 Å². The summed E-state index contributed by atoms with van der Waals surface area (Å²) in [4.78, 5) is 6.81. The molecule has 1 fully saturated rings. The Morgan fingerprint density at radius 1 is 1.19 bits per heavy atom. The fourth-order valence-corrected chi connectivity index (χ4v) is 3.47. The molecule has 21 heavy (non-hydrogen) atoms. The zero-order chi connectivity index (χ0) is 14.7. The standard InChI is InChI=1S/C18H24N2O/c1-2-10-20-11-5-8-18(21,9-12-20)17-14-19-13-15-6-3-4-7-16(15)17/h3-4,6-7,13-14,21H,2,5,8-12H2,1H3. The largest absolute Gasteiger partial charge is 0.385 e. The maximum Gasteiger partial charge on any atom is 0.0930 e. The van der Waals surface area contributed by atoms with Crippen molar-refractivity contribution < 1.29 is 5.11 Å². The van der Waals surface area contributed by atoms with E-state index in [0.29, 0.717) is 0 Å². The van der Waals surface area contributed by atoms with Crippen LogP contribution in [0.2, 0.25) is 0 Å². The molecule has 2 heterocycles. The Labute approximate surface area is 126 Å². The van der Waals surface area contributed by atoms with E-state index in [-0.39, 0.29) is 0 Å². The summed E-state index contributed by atoms with van der Waals surface area (Å²) in [5, 5.41) is 13.5. The van der Waals surface area contributed by atoms with Crippen molar-refractivity contribution in [2.24, 2.45) is 0 Å². The zero-order valence-corrected chi connectivity index (χ0v) is 12.8. The van der Waals surface area contributed by atoms with Gasteiger partial charge in [0.05, 0.1) is 5.60 Å². The Bertz CT molecular complexity index is 608. The molecule has 1 N–H and O–H groups in total. The first-order valence-corrected chi connectivity index (χ1v) is 8.01. The molecule has 3 heteroatoms. The summed E-state index contributed by atoms with van der Waals surface area (Å²) < 4.78 is 0. The van der Waals surface area contributed by atoms with Crippen molar-refractivity contribution in [2.45, 2.75) is 38.2 Å². The molecule has 0 radical (unpaired) electrons. The van der Waals surface area contributed by atoms with Gasteiger partial charge in [-0.05, 0) is 44.2 Å². The van der Waals surface area contributed by atoms with Crippen molar-refractivity contribution in [3.8, 4) is 0 Å². The van der Waals surface area contributed by atoms with Crippen LogP contribution >= 0.6 is 0 Å². The molecule has 1 saturated heterocycles. The highest BCUT2D eigenvalue weighted by atomic mass is 16.3. The summed E-state index contributed by atoms with van der Waals surface area (Å²) in [5.41, 5.74) is 0.259. The molecule has 1 aromatic heterocycles. The van der Waals surface area contributed by atoms with Gasteiger partial charge in [0.1, 0.15) is 0 Å². The third-order valence-electron chi connectivity index (χ3n) is 4.62. The molecule has 0 bridgehead atoms. The van der Waals surface area contributed by atoms with Gasteiger partial charge in [-0.2, -0.15) is 0 Å². The topological polar surface area (TPSA) is 36.4 Å². The monoisotopic (exact) mass is 284 g/mol. The van der Waals surface area contributed by atoms with Crippen LogP contribution in [0.4, 0.5) is 0 Å². The van der Waals surface area contributed by atoms with Gasteiger partial charge in [-0.15, -0.1) is 0 Å². The second-order valence-electron chi connectivity index (χ2n) is 6.13. The summed E-state index contributed by atoms with van der Waals surface area (Å²) in [6.45, 7) is 5.40. The number of likely N-dealkylation sites (tertiary alicyclic amines) is 1. The lowest BCUT2D eigenvalue weighted by Gasteiger charge is -2.28. The Hall–Kier alpha value is -1.45. The van der Waals surface area contributed by atoms with E-state index in [9.17, 15) is 5.11 Å². The van der Waals surface area contributed by atoms with Gasteiger partial charge in [-0.25, -0.2) is 0 Å². The molecule has 1 atom stereocenters. The van der Waals surface area contributed by atoms with Crippen LogP contribution in [0.25, 0.3) is 10.8 Å². The second-order valence-corrected chi connectivity index (χ2v) is 6.13. The van der Waals surface area contributed by atoms with Crippen LogP contribution in [0.3, 0.4) is 0 Å². The van der Waals surface area contributed by atoms with Crippen LogP contribution in [0, 0.1) is 0 Å². The summed E-state index contributed by atoms with van der Waals surface area (Å²) in [7, 11) is 0. The molecule has 0 amide bonds. The first-order valence-electron chi connectivity index (χ1n) is 8.01. The zero-order valence-electron chi connectivity index (χ0n) is 12.8. The number of pyridine rings is 1. The minimum absolute atomic E-state index is 0.740. The first-order chi connectivity index (χ1) is 10.2. The highest BCUT2D eigenvalue weighted by molar-refractivity contribution is 5.85. The van der Waals surface area contributed by atoms with Crippen LogP contribution in [0.5, 0.6) is 0 Å². The minimum Gasteiger partial charge on any atom is -0.385 e. The quantitative estimate of drug-likeness (QED) is 0.939. The molecule has 2 aromatic rings.